The van der Waals surface area contributed by atoms with Crippen LogP contribution in [0, 0.1) is 6.92 Å². The first-order chi connectivity index (χ1) is 12.9. The van der Waals surface area contributed by atoms with E-state index < -0.39 is 10.0 Å². The maximum Gasteiger partial charge on any atom is 0.243 e. The van der Waals surface area contributed by atoms with Crippen molar-refractivity contribution in [1.82, 2.24) is 9.29 Å². The van der Waals surface area contributed by atoms with Gasteiger partial charge in [0.25, 0.3) is 0 Å². The molecule has 6 nitrogen and oxygen atoms in total. The molecule has 2 aromatic carbocycles. The third-order valence-electron chi connectivity index (χ3n) is 4.97. The van der Waals surface area contributed by atoms with Crippen molar-refractivity contribution in [3.8, 4) is 11.3 Å². The molecular formula is C20H21N3O3S. The van der Waals surface area contributed by atoms with Crippen molar-refractivity contribution in [2.45, 2.75) is 23.8 Å². The Hall–Kier alpha value is -2.48. The summed E-state index contributed by atoms with van der Waals surface area (Å²) >= 11 is 0. The largest absolute Gasteiger partial charge is 0.449 e. The van der Waals surface area contributed by atoms with Gasteiger partial charge in [0.05, 0.1) is 4.90 Å². The first kappa shape index (κ1) is 17.9. The standard InChI is InChI=1S/C20H21N3O3S/c1-14-22-20(13-26-14)16-7-9-17(10-8-16)27(24,25)23-11-18(19(21)12-23)15-5-3-2-4-6-15/h2-10,13,18-19H,11-12,21H2,1H3/t18-,19+/m0/s1. The number of aryl methyl sites for hydroxylation is 1. The number of sulfonamides is 1. The molecule has 2 heterocycles. The first-order valence-electron chi connectivity index (χ1n) is 8.78. The van der Waals surface area contributed by atoms with E-state index in [1.54, 1.807) is 37.5 Å². The van der Waals surface area contributed by atoms with Gasteiger partial charge in [0.2, 0.25) is 10.0 Å². The molecule has 1 aromatic heterocycles. The zero-order valence-corrected chi connectivity index (χ0v) is 15.8. The molecule has 1 fully saturated rings. The number of benzene rings is 2. The molecule has 4 rings (SSSR count). The number of nitrogens with zero attached hydrogens (tertiary/aromatic N) is 2. The summed E-state index contributed by atoms with van der Waals surface area (Å²) in [5, 5.41) is 0. The van der Waals surface area contributed by atoms with Crippen LogP contribution < -0.4 is 5.73 Å². The summed E-state index contributed by atoms with van der Waals surface area (Å²) in [6.45, 7) is 2.46. The van der Waals surface area contributed by atoms with E-state index >= 15 is 0 Å². The topological polar surface area (TPSA) is 89.4 Å². The Bertz CT molecular complexity index is 1030. The first-order valence-corrected chi connectivity index (χ1v) is 10.2. The van der Waals surface area contributed by atoms with E-state index in [2.05, 4.69) is 4.98 Å². The summed E-state index contributed by atoms with van der Waals surface area (Å²) in [5.41, 5.74) is 8.82. The molecule has 2 N–H and O–H groups in total. The van der Waals surface area contributed by atoms with E-state index in [1.807, 2.05) is 30.3 Å². The van der Waals surface area contributed by atoms with E-state index in [-0.39, 0.29) is 16.9 Å². The number of oxazole rings is 1. The highest BCUT2D eigenvalue weighted by Crippen LogP contribution is 2.31. The van der Waals surface area contributed by atoms with Gasteiger partial charge in [-0.05, 0) is 17.7 Å². The number of nitrogens with two attached hydrogens (primary N) is 1. The fourth-order valence-corrected chi connectivity index (χ4v) is 4.99. The lowest BCUT2D eigenvalue weighted by Crippen LogP contribution is -2.32. The fraction of sp³-hybridized carbons (Fsp3) is 0.250. The zero-order valence-electron chi connectivity index (χ0n) is 14.9. The Labute approximate surface area is 158 Å². The van der Waals surface area contributed by atoms with Gasteiger partial charge in [0.15, 0.2) is 5.89 Å². The molecule has 0 bridgehead atoms. The van der Waals surface area contributed by atoms with Crippen LogP contribution in [0.4, 0.5) is 0 Å². The van der Waals surface area contributed by atoms with Gasteiger partial charge in [-0.1, -0.05) is 42.5 Å². The van der Waals surface area contributed by atoms with Crippen LogP contribution in [0.1, 0.15) is 17.4 Å². The Morgan fingerprint density at radius 3 is 2.41 bits per heavy atom. The molecule has 0 amide bonds. The predicted molar refractivity (Wildman–Crippen MR) is 103 cm³/mol. The highest BCUT2D eigenvalue weighted by Gasteiger charge is 2.38. The molecule has 0 spiro atoms. The third kappa shape index (κ3) is 3.41. The molecule has 0 unspecified atom stereocenters. The van der Waals surface area contributed by atoms with Crippen LogP contribution in [-0.2, 0) is 10.0 Å². The summed E-state index contributed by atoms with van der Waals surface area (Å²) < 4.78 is 32.8. The van der Waals surface area contributed by atoms with Crippen molar-refractivity contribution in [3.05, 3.63) is 72.3 Å². The lowest BCUT2D eigenvalue weighted by molar-refractivity contribution is 0.470. The number of hydrogen-bond donors (Lipinski definition) is 1. The van der Waals surface area contributed by atoms with Gasteiger partial charge < -0.3 is 10.2 Å². The van der Waals surface area contributed by atoms with Crippen LogP contribution in [0.5, 0.6) is 0 Å². The molecule has 1 aliphatic heterocycles. The maximum absolute atomic E-state index is 13.0. The fourth-order valence-electron chi connectivity index (χ4n) is 3.48. The number of aromatic nitrogens is 1. The van der Waals surface area contributed by atoms with Crippen LogP contribution in [0.3, 0.4) is 0 Å². The second-order valence-corrected chi connectivity index (χ2v) is 8.72. The second kappa shape index (κ2) is 6.92. The van der Waals surface area contributed by atoms with E-state index in [9.17, 15) is 8.42 Å². The second-order valence-electron chi connectivity index (χ2n) is 6.78. The summed E-state index contributed by atoms with van der Waals surface area (Å²) in [4.78, 5) is 4.52. The molecule has 2 atom stereocenters. The molecule has 3 aromatic rings. The van der Waals surface area contributed by atoms with Gasteiger partial charge >= 0.3 is 0 Å². The average Bonchev–Trinajstić information content (AvgIpc) is 3.29. The molecule has 1 aliphatic rings. The maximum atomic E-state index is 13.0. The molecule has 27 heavy (non-hydrogen) atoms. The summed E-state index contributed by atoms with van der Waals surface area (Å²) in [6, 6.07) is 16.3. The molecule has 140 valence electrons. The minimum Gasteiger partial charge on any atom is -0.449 e. The Morgan fingerprint density at radius 2 is 1.78 bits per heavy atom. The number of rotatable bonds is 4. The minimum absolute atomic E-state index is 0.00152. The van der Waals surface area contributed by atoms with Gasteiger partial charge in [0.1, 0.15) is 12.0 Å². The Morgan fingerprint density at radius 1 is 1.07 bits per heavy atom. The lowest BCUT2D eigenvalue weighted by Gasteiger charge is -2.17. The van der Waals surface area contributed by atoms with E-state index in [4.69, 9.17) is 10.2 Å². The van der Waals surface area contributed by atoms with E-state index in [1.165, 1.54) is 4.31 Å². The summed E-state index contributed by atoms with van der Waals surface area (Å²) in [6.07, 6.45) is 1.56. The van der Waals surface area contributed by atoms with Crippen molar-refractivity contribution < 1.29 is 12.8 Å². The van der Waals surface area contributed by atoms with Gasteiger partial charge in [-0.2, -0.15) is 4.31 Å². The molecular weight excluding hydrogens is 362 g/mol. The lowest BCUT2D eigenvalue weighted by atomic mass is 9.95. The molecule has 0 radical (unpaired) electrons. The average molecular weight is 383 g/mol. The van der Waals surface area contributed by atoms with Gasteiger partial charge in [0, 0.05) is 37.5 Å². The van der Waals surface area contributed by atoms with Crippen LogP contribution in [0.2, 0.25) is 0 Å². The monoisotopic (exact) mass is 383 g/mol. The highest BCUT2D eigenvalue weighted by molar-refractivity contribution is 7.89. The molecule has 0 aliphatic carbocycles. The molecule has 7 heteroatoms. The smallest absolute Gasteiger partial charge is 0.243 e. The highest BCUT2D eigenvalue weighted by atomic mass is 32.2. The molecule has 1 saturated heterocycles. The van der Waals surface area contributed by atoms with Crippen LogP contribution in [0.15, 0.2) is 70.2 Å². The summed E-state index contributed by atoms with van der Waals surface area (Å²) in [5.74, 6) is 0.568. The minimum atomic E-state index is -3.60. The zero-order chi connectivity index (χ0) is 19.0. The van der Waals surface area contributed by atoms with Crippen molar-refractivity contribution >= 4 is 10.0 Å². The third-order valence-corrected chi connectivity index (χ3v) is 6.81. The van der Waals surface area contributed by atoms with Gasteiger partial charge in [-0.25, -0.2) is 13.4 Å². The Balaban J connectivity index is 1.56. The van der Waals surface area contributed by atoms with Crippen molar-refractivity contribution in [2.75, 3.05) is 13.1 Å². The van der Waals surface area contributed by atoms with Crippen molar-refractivity contribution in [1.29, 1.82) is 0 Å². The normalized spacial score (nSPS) is 20.8. The molecule has 0 saturated carbocycles. The van der Waals surface area contributed by atoms with Crippen LogP contribution in [0.25, 0.3) is 11.3 Å². The SMILES string of the molecule is Cc1nc(-c2ccc(S(=O)(=O)N3C[C@@H](N)[C@H](c4ccccc4)C3)cc2)co1. The van der Waals surface area contributed by atoms with Crippen molar-refractivity contribution in [3.63, 3.8) is 0 Å². The van der Waals surface area contributed by atoms with E-state index in [0.717, 1.165) is 11.1 Å². The quantitative estimate of drug-likeness (QED) is 0.748. The van der Waals surface area contributed by atoms with Crippen molar-refractivity contribution in [2.24, 2.45) is 5.73 Å². The van der Waals surface area contributed by atoms with Crippen LogP contribution in [-0.4, -0.2) is 36.8 Å². The predicted octanol–water partition coefficient (Wildman–Crippen LogP) is 2.77. The van der Waals surface area contributed by atoms with Gasteiger partial charge in [-0.3, -0.25) is 0 Å². The van der Waals surface area contributed by atoms with E-state index in [0.29, 0.717) is 24.7 Å². The van der Waals surface area contributed by atoms with Gasteiger partial charge in [-0.15, -0.1) is 0 Å². The number of hydrogen-bond acceptors (Lipinski definition) is 5. The summed E-state index contributed by atoms with van der Waals surface area (Å²) in [7, 11) is -3.60. The Kier molecular flexibility index (Phi) is 4.59. The van der Waals surface area contributed by atoms with Crippen LogP contribution >= 0.6 is 0 Å².